The van der Waals surface area contributed by atoms with Gasteiger partial charge < -0.3 is 15.7 Å². The van der Waals surface area contributed by atoms with Crippen LogP contribution < -0.4 is 10.6 Å². The van der Waals surface area contributed by atoms with Crippen molar-refractivity contribution in [1.29, 1.82) is 0 Å². The number of amides is 2. The average molecular weight is 375 g/mol. The second-order valence-corrected chi connectivity index (χ2v) is 5.63. The Morgan fingerprint density at radius 3 is 2.30 bits per heavy atom. The molecule has 2 rings (SSSR count). The van der Waals surface area contributed by atoms with Crippen molar-refractivity contribution in [3.8, 4) is 0 Å². The molecule has 0 aliphatic heterocycles. The minimum Gasteiger partial charge on any atom is -0.478 e. The molecule has 0 fully saturated rings. The maximum Gasteiger partial charge on any atom is 0.335 e. The Labute approximate surface area is 142 Å². The molecule has 0 atom stereocenters. The summed E-state index contributed by atoms with van der Waals surface area (Å²) < 4.78 is 0.995. The van der Waals surface area contributed by atoms with Crippen molar-refractivity contribution in [3.05, 3.63) is 75.9 Å². The first kappa shape index (κ1) is 16.8. The lowest BCUT2D eigenvalue weighted by Gasteiger charge is -2.05. The van der Waals surface area contributed by atoms with Gasteiger partial charge in [-0.05, 0) is 41.5 Å². The van der Waals surface area contributed by atoms with Crippen molar-refractivity contribution in [2.45, 2.75) is 6.54 Å². The maximum atomic E-state index is 11.7. The van der Waals surface area contributed by atoms with E-state index >= 15 is 0 Å². The molecule has 2 amide bonds. The SMILES string of the molecule is O=C(N/C=C/c1ccc(Br)cc1)NCc1ccc(C(=O)O)cc1. The number of benzene rings is 2. The highest BCUT2D eigenvalue weighted by Gasteiger charge is 2.02. The summed E-state index contributed by atoms with van der Waals surface area (Å²) in [5.74, 6) is -0.972. The molecule has 0 saturated carbocycles. The van der Waals surface area contributed by atoms with Crippen molar-refractivity contribution < 1.29 is 14.7 Å². The first-order chi connectivity index (χ1) is 11.0. The van der Waals surface area contributed by atoms with Crippen LogP contribution in [-0.2, 0) is 6.54 Å². The molecular formula is C17H15BrN2O3. The van der Waals surface area contributed by atoms with Crippen LogP contribution in [-0.4, -0.2) is 17.1 Å². The standard InChI is InChI=1S/C17H15BrN2O3/c18-15-7-3-12(4-8-15)9-10-19-17(23)20-11-13-1-5-14(6-2-13)16(21)22/h1-10H,11H2,(H,21,22)(H2,19,20,23)/b10-9+. The van der Waals surface area contributed by atoms with Gasteiger partial charge in [-0.2, -0.15) is 0 Å². The Kier molecular flexibility index (Phi) is 5.94. The number of carbonyl (C=O) groups is 2. The van der Waals surface area contributed by atoms with E-state index in [4.69, 9.17) is 5.11 Å². The van der Waals surface area contributed by atoms with E-state index in [1.54, 1.807) is 24.4 Å². The Morgan fingerprint density at radius 1 is 1.04 bits per heavy atom. The van der Waals surface area contributed by atoms with Crippen molar-refractivity contribution in [2.75, 3.05) is 0 Å². The Hall–Kier alpha value is -2.60. The molecule has 3 N–H and O–H groups in total. The third-order valence-corrected chi connectivity index (χ3v) is 3.54. The van der Waals surface area contributed by atoms with Crippen molar-refractivity contribution in [2.24, 2.45) is 0 Å². The number of nitrogens with one attached hydrogen (secondary N) is 2. The fourth-order valence-electron chi connectivity index (χ4n) is 1.79. The first-order valence-corrected chi connectivity index (χ1v) is 7.62. The number of rotatable bonds is 5. The van der Waals surface area contributed by atoms with E-state index in [0.717, 1.165) is 15.6 Å². The van der Waals surface area contributed by atoms with Gasteiger partial charge in [0.25, 0.3) is 0 Å². The minimum absolute atomic E-state index is 0.218. The van der Waals surface area contributed by atoms with Gasteiger partial charge in [-0.1, -0.05) is 40.2 Å². The molecule has 0 aliphatic carbocycles. The number of halogens is 1. The molecule has 0 unspecified atom stereocenters. The molecule has 0 heterocycles. The number of hydrogen-bond donors (Lipinski definition) is 3. The van der Waals surface area contributed by atoms with Crippen LogP contribution in [0.4, 0.5) is 4.79 Å². The summed E-state index contributed by atoms with van der Waals surface area (Å²) in [5.41, 5.74) is 2.01. The lowest BCUT2D eigenvalue weighted by atomic mass is 10.1. The molecule has 0 aromatic heterocycles. The number of carboxylic acid groups (broad SMARTS) is 1. The molecule has 2 aromatic rings. The summed E-state index contributed by atoms with van der Waals surface area (Å²) in [5, 5.41) is 14.1. The molecular weight excluding hydrogens is 360 g/mol. The molecule has 0 aliphatic rings. The first-order valence-electron chi connectivity index (χ1n) is 6.83. The van der Waals surface area contributed by atoms with Gasteiger partial charge in [-0.25, -0.2) is 9.59 Å². The summed E-state index contributed by atoms with van der Waals surface area (Å²) in [6.07, 6.45) is 3.35. The van der Waals surface area contributed by atoms with Crippen LogP contribution in [0.5, 0.6) is 0 Å². The number of urea groups is 1. The third kappa shape index (κ3) is 5.60. The topological polar surface area (TPSA) is 78.4 Å². The van der Waals surface area contributed by atoms with Crippen molar-refractivity contribution >= 4 is 34.0 Å². The summed E-state index contributed by atoms with van der Waals surface area (Å²) >= 11 is 3.36. The van der Waals surface area contributed by atoms with Gasteiger partial charge in [-0.15, -0.1) is 0 Å². The Morgan fingerprint density at radius 2 is 1.70 bits per heavy atom. The lowest BCUT2D eigenvalue weighted by molar-refractivity contribution is 0.0697. The predicted octanol–water partition coefficient (Wildman–Crippen LogP) is 3.62. The highest BCUT2D eigenvalue weighted by atomic mass is 79.9. The quantitative estimate of drug-likeness (QED) is 0.747. The molecule has 2 aromatic carbocycles. The summed E-state index contributed by atoms with van der Waals surface area (Å²) in [4.78, 5) is 22.4. The molecule has 6 heteroatoms. The highest BCUT2D eigenvalue weighted by Crippen LogP contribution is 2.11. The second kappa shape index (κ2) is 8.14. The van der Waals surface area contributed by atoms with E-state index in [-0.39, 0.29) is 11.6 Å². The Bertz CT molecular complexity index is 710. The molecule has 5 nitrogen and oxygen atoms in total. The maximum absolute atomic E-state index is 11.7. The molecule has 0 spiro atoms. The van der Waals surface area contributed by atoms with E-state index in [2.05, 4.69) is 26.6 Å². The molecule has 23 heavy (non-hydrogen) atoms. The molecule has 0 saturated heterocycles. The zero-order valence-electron chi connectivity index (χ0n) is 12.1. The van der Waals surface area contributed by atoms with Crippen LogP contribution in [0.15, 0.2) is 59.2 Å². The third-order valence-electron chi connectivity index (χ3n) is 3.01. The smallest absolute Gasteiger partial charge is 0.335 e. The van der Waals surface area contributed by atoms with Gasteiger partial charge in [0.1, 0.15) is 0 Å². The van der Waals surface area contributed by atoms with E-state index in [1.165, 1.54) is 12.1 Å². The molecule has 0 radical (unpaired) electrons. The van der Waals surface area contributed by atoms with E-state index < -0.39 is 5.97 Å². The molecule has 118 valence electrons. The van der Waals surface area contributed by atoms with Crippen LogP contribution in [0.2, 0.25) is 0 Å². The Balaban J connectivity index is 1.78. The zero-order valence-corrected chi connectivity index (χ0v) is 13.7. The van der Waals surface area contributed by atoms with Gasteiger partial charge in [0, 0.05) is 17.2 Å². The fourth-order valence-corrected chi connectivity index (χ4v) is 2.05. The van der Waals surface area contributed by atoms with Crippen LogP contribution in [0.1, 0.15) is 21.5 Å². The van der Waals surface area contributed by atoms with Gasteiger partial charge in [0.2, 0.25) is 0 Å². The van der Waals surface area contributed by atoms with Crippen molar-refractivity contribution in [1.82, 2.24) is 10.6 Å². The monoisotopic (exact) mass is 374 g/mol. The highest BCUT2D eigenvalue weighted by molar-refractivity contribution is 9.10. The summed E-state index contributed by atoms with van der Waals surface area (Å²) in [7, 11) is 0. The largest absolute Gasteiger partial charge is 0.478 e. The summed E-state index contributed by atoms with van der Waals surface area (Å²) in [6.45, 7) is 0.317. The minimum atomic E-state index is -0.972. The normalized spacial score (nSPS) is 10.5. The summed E-state index contributed by atoms with van der Waals surface area (Å²) in [6, 6.07) is 13.7. The van der Waals surface area contributed by atoms with Gasteiger partial charge in [-0.3, -0.25) is 0 Å². The van der Waals surface area contributed by atoms with Crippen LogP contribution >= 0.6 is 15.9 Å². The number of carboxylic acids is 1. The van der Waals surface area contributed by atoms with Crippen LogP contribution in [0, 0.1) is 0 Å². The fraction of sp³-hybridized carbons (Fsp3) is 0.0588. The van der Waals surface area contributed by atoms with E-state index in [9.17, 15) is 9.59 Å². The van der Waals surface area contributed by atoms with Crippen LogP contribution in [0.25, 0.3) is 6.08 Å². The second-order valence-electron chi connectivity index (χ2n) is 4.71. The van der Waals surface area contributed by atoms with E-state index in [0.29, 0.717) is 6.54 Å². The molecule has 0 bridgehead atoms. The van der Waals surface area contributed by atoms with Gasteiger partial charge >= 0.3 is 12.0 Å². The van der Waals surface area contributed by atoms with Crippen molar-refractivity contribution in [3.63, 3.8) is 0 Å². The van der Waals surface area contributed by atoms with Gasteiger partial charge in [0.05, 0.1) is 5.56 Å². The van der Waals surface area contributed by atoms with Gasteiger partial charge in [0.15, 0.2) is 0 Å². The number of carbonyl (C=O) groups excluding carboxylic acids is 1. The number of aromatic carboxylic acids is 1. The number of hydrogen-bond acceptors (Lipinski definition) is 2. The average Bonchev–Trinajstić information content (AvgIpc) is 2.55. The zero-order chi connectivity index (χ0) is 16.7. The van der Waals surface area contributed by atoms with Crippen LogP contribution in [0.3, 0.4) is 0 Å². The van der Waals surface area contributed by atoms with E-state index in [1.807, 2.05) is 24.3 Å². The predicted molar refractivity (Wildman–Crippen MR) is 91.9 cm³/mol. The lowest BCUT2D eigenvalue weighted by Crippen LogP contribution is -2.31.